The van der Waals surface area contributed by atoms with E-state index in [0.717, 1.165) is 44.8 Å². The van der Waals surface area contributed by atoms with Crippen molar-refractivity contribution in [1.82, 2.24) is 0 Å². The summed E-state index contributed by atoms with van der Waals surface area (Å²) in [4.78, 5) is 26.8. The number of hydrogen-bond donors (Lipinski definition) is 0. The monoisotopic (exact) mass is 654 g/mol. The molecule has 47 heavy (non-hydrogen) atoms. The fourth-order valence-corrected chi connectivity index (χ4v) is 10.3. The van der Waals surface area contributed by atoms with Gasteiger partial charge in [0.05, 0.1) is 0 Å². The number of carbonyl (C=O) groups excluding carboxylic acids is 2. The number of fused-ring (bicyclic) bond motifs is 5. The number of carbonyl (C=O) groups is 2. The van der Waals surface area contributed by atoms with Crippen LogP contribution < -0.4 is 0 Å². The minimum absolute atomic E-state index is 0.0738. The summed E-state index contributed by atoms with van der Waals surface area (Å²) in [5.74, 6) is -0.940. The van der Waals surface area contributed by atoms with Crippen molar-refractivity contribution in [3.05, 3.63) is 70.8 Å². The predicted octanol–water partition coefficient (Wildman–Crippen LogP) is 10.1. The minimum atomic E-state index is -5.04. The maximum absolute atomic E-state index is 14.8. The van der Waals surface area contributed by atoms with E-state index in [2.05, 4.69) is 46.8 Å². The zero-order valence-corrected chi connectivity index (χ0v) is 29.6. The molecule has 2 saturated carbocycles. The number of esters is 1. The molecule has 0 unspecified atom stereocenters. The lowest BCUT2D eigenvalue weighted by molar-refractivity contribution is -0.279. The normalized spacial score (nSPS) is 34.0. The van der Waals surface area contributed by atoms with Crippen LogP contribution in [-0.2, 0) is 24.7 Å². The Labute approximate surface area is 279 Å². The van der Waals surface area contributed by atoms with Gasteiger partial charge in [0.25, 0.3) is 5.60 Å². The molecule has 0 aromatic heterocycles. The molecule has 0 radical (unpaired) electrons. The lowest BCUT2D eigenvalue weighted by Crippen LogP contribution is -2.54. The molecular formula is C40H53F3O4. The van der Waals surface area contributed by atoms with Gasteiger partial charge >= 0.3 is 12.1 Å². The Balaban J connectivity index is 1.50. The SMILES string of the molecule is CO[C@](C(=O)O[C@H](CC=C(C)C)[C@@H](C)[C@H]1CC[C@@]2(C)C3=CC[C@H]4C(C)(C)C(=O)CC[C@]4(C)C3=CC[C@]12C)(c1ccccc1)C(F)(F)F. The van der Waals surface area contributed by atoms with Crippen molar-refractivity contribution in [2.45, 2.75) is 118 Å². The minimum Gasteiger partial charge on any atom is -0.459 e. The number of ketones is 1. The number of benzene rings is 1. The van der Waals surface area contributed by atoms with Crippen LogP contribution >= 0.6 is 0 Å². The van der Waals surface area contributed by atoms with E-state index >= 15 is 0 Å². The molecule has 1 aromatic rings. The van der Waals surface area contributed by atoms with E-state index in [1.165, 1.54) is 35.4 Å². The molecule has 0 aliphatic heterocycles. The first kappa shape index (κ1) is 35.6. The van der Waals surface area contributed by atoms with Gasteiger partial charge in [-0.1, -0.05) is 95.7 Å². The summed E-state index contributed by atoms with van der Waals surface area (Å²) in [6.07, 6.45) is 6.26. The third-order valence-electron chi connectivity index (χ3n) is 13.5. The average molecular weight is 655 g/mol. The van der Waals surface area contributed by atoms with Crippen LogP contribution in [0.5, 0.6) is 0 Å². The molecule has 7 heteroatoms. The Morgan fingerprint density at radius 1 is 1.02 bits per heavy atom. The van der Waals surface area contributed by atoms with E-state index in [0.29, 0.717) is 18.6 Å². The lowest BCUT2D eigenvalue weighted by atomic mass is 9.44. The number of hydrogen-bond acceptors (Lipinski definition) is 4. The molecule has 0 bridgehead atoms. The maximum atomic E-state index is 14.8. The van der Waals surface area contributed by atoms with Gasteiger partial charge in [0, 0.05) is 30.9 Å². The van der Waals surface area contributed by atoms with Gasteiger partial charge in [0.2, 0.25) is 0 Å². The molecule has 0 spiro atoms. The molecule has 0 amide bonds. The summed E-state index contributed by atoms with van der Waals surface area (Å²) >= 11 is 0. The first-order chi connectivity index (χ1) is 21.8. The van der Waals surface area contributed by atoms with Crippen LogP contribution in [0, 0.1) is 39.4 Å². The molecule has 5 rings (SSSR count). The van der Waals surface area contributed by atoms with E-state index in [1.54, 1.807) is 6.07 Å². The van der Waals surface area contributed by atoms with E-state index in [-0.39, 0.29) is 45.0 Å². The molecule has 4 nitrogen and oxygen atoms in total. The van der Waals surface area contributed by atoms with Crippen LogP contribution in [0.25, 0.3) is 0 Å². The summed E-state index contributed by atoms with van der Waals surface area (Å²) in [5, 5.41) is 0. The highest BCUT2D eigenvalue weighted by Crippen LogP contribution is 2.71. The second-order valence-corrected chi connectivity index (χ2v) is 16.3. The van der Waals surface area contributed by atoms with Crippen molar-refractivity contribution >= 4 is 11.8 Å². The van der Waals surface area contributed by atoms with Crippen LogP contribution in [-0.4, -0.2) is 31.1 Å². The molecule has 0 N–H and O–H groups in total. The smallest absolute Gasteiger partial charge is 0.432 e. The van der Waals surface area contributed by atoms with Crippen molar-refractivity contribution in [2.24, 2.45) is 39.4 Å². The number of allylic oxidation sites excluding steroid dienone is 5. The van der Waals surface area contributed by atoms with E-state index < -0.39 is 23.9 Å². The fraction of sp³-hybridized carbons (Fsp3) is 0.650. The highest BCUT2D eigenvalue weighted by Gasteiger charge is 2.66. The van der Waals surface area contributed by atoms with Crippen LogP contribution in [0.15, 0.2) is 65.3 Å². The summed E-state index contributed by atoms with van der Waals surface area (Å²) in [6.45, 7) is 17.2. The Morgan fingerprint density at radius 2 is 1.68 bits per heavy atom. The van der Waals surface area contributed by atoms with Gasteiger partial charge in [-0.25, -0.2) is 4.79 Å². The topological polar surface area (TPSA) is 52.6 Å². The first-order valence-electron chi connectivity index (χ1n) is 17.3. The van der Waals surface area contributed by atoms with Crippen molar-refractivity contribution in [1.29, 1.82) is 0 Å². The van der Waals surface area contributed by atoms with Gasteiger partial charge < -0.3 is 9.47 Å². The molecule has 2 fully saturated rings. The molecule has 258 valence electrons. The molecule has 4 aliphatic rings. The van der Waals surface area contributed by atoms with Crippen LogP contribution in [0.4, 0.5) is 13.2 Å². The zero-order valence-electron chi connectivity index (χ0n) is 29.6. The third-order valence-corrected chi connectivity index (χ3v) is 13.5. The number of ether oxygens (including phenoxy) is 2. The van der Waals surface area contributed by atoms with Gasteiger partial charge in [-0.15, -0.1) is 0 Å². The van der Waals surface area contributed by atoms with Crippen molar-refractivity contribution in [2.75, 3.05) is 7.11 Å². The standard InChI is InChI=1S/C40H53F3O4/c1-25(2)15-17-31(47-34(45)39(46-9,40(41,42)43)27-13-11-10-12-14-27)26(3)28-19-23-38(8)30-16-18-32-35(4,5)33(44)21-22-36(32,6)29(30)20-24-37(28,38)7/h10-16,20,26,28,31-32H,17-19,21-24H2,1-9H3/t26-,28+,31+,32-,36+,37+,38-,39-/m0/s1. The number of Topliss-reactive ketones (excluding diaryl/α,β-unsaturated/α-hetero) is 1. The van der Waals surface area contributed by atoms with Crippen molar-refractivity contribution in [3.63, 3.8) is 0 Å². The highest BCUT2D eigenvalue weighted by molar-refractivity contribution is 5.86. The summed E-state index contributed by atoms with van der Waals surface area (Å²) in [7, 11) is 0.915. The molecule has 0 heterocycles. The molecule has 0 saturated heterocycles. The number of alkyl halides is 3. The predicted molar refractivity (Wildman–Crippen MR) is 178 cm³/mol. The average Bonchev–Trinajstić information content (AvgIpc) is 3.28. The van der Waals surface area contributed by atoms with Crippen LogP contribution in [0.2, 0.25) is 0 Å². The Bertz CT molecular complexity index is 1480. The van der Waals surface area contributed by atoms with Gasteiger partial charge in [0.1, 0.15) is 11.9 Å². The lowest BCUT2D eigenvalue weighted by Gasteiger charge is -2.59. The van der Waals surface area contributed by atoms with Crippen molar-refractivity contribution < 1.29 is 32.2 Å². The van der Waals surface area contributed by atoms with E-state index in [1.807, 2.05) is 26.8 Å². The van der Waals surface area contributed by atoms with E-state index in [9.17, 15) is 22.8 Å². The van der Waals surface area contributed by atoms with E-state index in [4.69, 9.17) is 9.47 Å². The molecule has 4 aliphatic carbocycles. The quantitative estimate of drug-likeness (QED) is 0.207. The fourth-order valence-electron chi connectivity index (χ4n) is 10.3. The highest BCUT2D eigenvalue weighted by atomic mass is 19.4. The Kier molecular flexibility index (Phi) is 9.12. The van der Waals surface area contributed by atoms with Crippen LogP contribution in [0.1, 0.15) is 106 Å². The second kappa shape index (κ2) is 12.0. The number of halogens is 3. The summed E-state index contributed by atoms with van der Waals surface area (Å²) < 4.78 is 55.5. The first-order valence-corrected chi connectivity index (χ1v) is 17.3. The third kappa shape index (κ3) is 5.29. The largest absolute Gasteiger partial charge is 0.459 e. The number of methoxy groups -OCH3 is 1. The Hall–Kier alpha value is -2.67. The molecule has 1 aromatic carbocycles. The summed E-state index contributed by atoms with van der Waals surface area (Å²) in [5.41, 5.74) is -0.531. The van der Waals surface area contributed by atoms with Gasteiger partial charge in [0.15, 0.2) is 0 Å². The second-order valence-electron chi connectivity index (χ2n) is 16.3. The van der Waals surface area contributed by atoms with Gasteiger partial charge in [-0.05, 0) is 91.1 Å². The van der Waals surface area contributed by atoms with Crippen LogP contribution in [0.3, 0.4) is 0 Å². The summed E-state index contributed by atoms with van der Waals surface area (Å²) in [6, 6.07) is 7.05. The molecular weight excluding hydrogens is 601 g/mol. The van der Waals surface area contributed by atoms with Crippen molar-refractivity contribution in [3.8, 4) is 0 Å². The Morgan fingerprint density at radius 3 is 2.28 bits per heavy atom. The number of rotatable bonds is 8. The van der Waals surface area contributed by atoms with Gasteiger partial charge in [-0.3, -0.25) is 4.79 Å². The molecule has 8 atom stereocenters. The maximum Gasteiger partial charge on any atom is 0.432 e. The van der Waals surface area contributed by atoms with Gasteiger partial charge in [-0.2, -0.15) is 13.2 Å². The zero-order chi connectivity index (χ0) is 34.8.